The molecule has 16 heavy (non-hydrogen) atoms. The molecule has 1 rings (SSSR count). The first-order valence-electron chi connectivity index (χ1n) is 5.09. The van der Waals surface area contributed by atoms with Crippen LogP contribution in [0.15, 0.2) is 22.9 Å². The van der Waals surface area contributed by atoms with Gasteiger partial charge in [0.1, 0.15) is 4.75 Å². The second kappa shape index (κ2) is 5.49. The Hall–Kier alpha value is -0.100. The van der Waals surface area contributed by atoms with Gasteiger partial charge in [0, 0.05) is 28.2 Å². The van der Waals surface area contributed by atoms with Crippen molar-refractivity contribution in [2.24, 2.45) is 0 Å². The molecule has 0 saturated carbocycles. The maximum atomic E-state index is 11.9. The normalized spacial score (nSPS) is 15.9. The molecule has 5 heteroatoms. The van der Waals surface area contributed by atoms with E-state index in [4.69, 9.17) is 0 Å². The highest BCUT2D eigenvalue weighted by Gasteiger charge is 2.28. The summed E-state index contributed by atoms with van der Waals surface area (Å²) < 4.78 is 15.7. The van der Waals surface area contributed by atoms with Crippen molar-refractivity contribution in [3.05, 3.63) is 28.5 Å². The summed E-state index contributed by atoms with van der Waals surface area (Å²) in [6, 6.07) is 2.00. The van der Waals surface area contributed by atoms with E-state index in [0.29, 0.717) is 0 Å². The first kappa shape index (κ1) is 14.0. The lowest BCUT2D eigenvalue weighted by molar-refractivity contribution is 0.531. The van der Waals surface area contributed by atoms with Crippen LogP contribution in [0.3, 0.4) is 0 Å². The minimum absolute atomic E-state index is 0.0186. The van der Waals surface area contributed by atoms with Crippen molar-refractivity contribution in [2.45, 2.75) is 38.5 Å². The van der Waals surface area contributed by atoms with Crippen LogP contribution in [0, 0.1) is 0 Å². The Morgan fingerprint density at radius 1 is 1.44 bits per heavy atom. The van der Waals surface area contributed by atoms with E-state index in [1.165, 1.54) is 0 Å². The van der Waals surface area contributed by atoms with E-state index in [-0.39, 0.29) is 10.8 Å². The standard InChI is InChI=1S/C11H17BrN2OS/c1-8(14-16(15)11(2,3)4)9-5-10(12)7-13-6-9/h5-8,14H,1-4H3/t8?,16-/m1/s1. The molecule has 0 spiro atoms. The minimum atomic E-state index is -1.07. The summed E-state index contributed by atoms with van der Waals surface area (Å²) in [6.07, 6.45) is 3.51. The average Bonchev–Trinajstić information content (AvgIpc) is 2.16. The third-order valence-corrected chi connectivity index (χ3v) is 4.18. The van der Waals surface area contributed by atoms with Crippen LogP contribution in [0.1, 0.15) is 39.3 Å². The molecule has 0 saturated heterocycles. The SMILES string of the molecule is CC(N[S@+]([O-])C(C)(C)C)c1cncc(Br)c1. The molecule has 0 aliphatic rings. The lowest BCUT2D eigenvalue weighted by Crippen LogP contribution is -2.40. The zero-order chi connectivity index (χ0) is 12.3. The Bertz CT molecular complexity index is 354. The second-order valence-corrected chi connectivity index (χ2v) is 7.57. The lowest BCUT2D eigenvalue weighted by atomic mass is 10.2. The van der Waals surface area contributed by atoms with Crippen molar-refractivity contribution < 1.29 is 4.55 Å². The summed E-state index contributed by atoms with van der Waals surface area (Å²) in [7, 11) is 0. The molecule has 90 valence electrons. The van der Waals surface area contributed by atoms with Gasteiger partial charge in [0.25, 0.3) is 0 Å². The summed E-state index contributed by atoms with van der Waals surface area (Å²) in [5.41, 5.74) is 1.02. The maximum absolute atomic E-state index is 11.9. The number of rotatable bonds is 3. The maximum Gasteiger partial charge on any atom is 0.136 e. The van der Waals surface area contributed by atoms with E-state index in [1.54, 1.807) is 12.4 Å². The molecule has 0 amide bonds. The highest BCUT2D eigenvalue weighted by atomic mass is 79.9. The smallest absolute Gasteiger partial charge is 0.136 e. The molecule has 1 aromatic rings. The summed E-state index contributed by atoms with van der Waals surface area (Å²) in [6.45, 7) is 7.82. The molecule has 0 aromatic carbocycles. The van der Waals surface area contributed by atoms with Gasteiger partial charge in [0.05, 0.1) is 6.04 Å². The van der Waals surface area contributed by atoms with Gasteiger partial charge in [-0.15, -0.1) is 4.72 Å². The molecule has 0 aliphatic carbocycles. The Morgan fingerprint density at radius 3 is 2.56 bits per heavy atom. The molecule has 1 aromatic heterocycles. The first-order valence-corrected chi connectivity index (χ1v) is 7.03. The fraction of sp³-hybridized carbons (Fsp3) is 0.545. The summed E-state index contributed by atoms with van der Waals surface area (Å²) >= 11 is 2.30. The lowest BCUT2D eigenvalue weighted by Gasteiger charge is -2.26. The van der Waals surface area contributed by atoms with Crippen molar-refractivity contribution in [1.82, 2.24) is 9.71 Å². The van der Waals surface area contributed by atoms with Crippen LogP contribution in [0.25, 0.3) is 0 Å². The Labute approximate surface area is 108 Å². The Kier molecular flexibility index (Phi) is 4.79. The minimum Gasteiger partial charge on any atom is -0.598 e. The first-order chi connectivity index (χ1) is 7.30. The van der Waals surface area contributed by atoms with Crippen molar-refractivity contribution in [3.8, 4) is 0 Å². The van der Waals surface area contributed by atoms with Gasteiger partial charge in [-0.05, 0) is 55.3 Å². The summed E-state index contributed by atoms with van der Waals surface area (Å²) in [5.74, 6) is 0. The fourth-order valence-corrected chi connectivity index (χ4v) is 2.26. The fourth-order valence-electron chi connectivity index (χ4n) is 1.07. The average molecular weight is 305 g/mol. The van der Waals surface area contributed by atoms with Crippen molar-refractivity contribution in [3.63, 3.8) is 0 Å². The van der Waals surface area contributed by atoms with Gasteiger partial charge in [-0.3, -0.25) is 4.98 Å². The highest BCUT2D eigenvalue weighted by Crippen LogP contribution is 2.20. The van der Waals surface area contributed by atoms with E-state index in [1.807, 2.05) is 33.8 Å². The zero-order valence-electron chi connectivity index (χ0n) is 9.95. The monoisotopic (exact) mass is 304 g/mol. The van der Waals surface area contributed by atoms with Crippen LogP contribution in [0.4, 0.5) is 0 Å². The predicted octanol–water partition coefficient (Wildman–Crippen LogP) is 2.96. The molecular weight excluding hydrogens is 288 g/mol. The van der Waals surface area contributed by atoms with Gasteiger partial charge in [-0.25, -0.2) is 0 Å². The van der Waals surface area contributed by atoms with E-state index in [2.05, 4.69) is 25.6 Å². The summed E-state index contributed by atoms with van der Waals surface area (Å²) in [5, 5.41) is 0. The van der Waals surface area contributed by atoms with E-state index < -0.39 is 11.4 Å². The molecule has 3 nitrogen and oxygen atoms in total. The van der Waals surface area contributed by atoms with Gasteiger partial charge >= 0.3 is 0 Å². The highest BCUT2D eigenvalue weighted by molar-refractivity contribution is 9.10. The Balaban J connectivity index is 2.69. The molecule has 0 aliphatic heterocycles. The van der Waals surface area contributed by atoms with Crippen molar-refractivity contribution >= 4 is 27.3 Å². The summed E-state index contributed by atoms with van der Waals surface area (Å²) in [4.78, 5) is 4.09. The molecule has 0 radical (unpaired) electrons. The largest absolute Gasteiger partial charge is 0.598 e. The second-order valence-electron chi connectivity index (χ2n) is 4.66. The van der Waals surface area contributed by atoms with Crippen LogP contribution in [0.5, 0.6) is 0 Å². The van der Waals surface area contributed by atoms with Gasteiger partial charge in [-0.2, -0.15) is 0 Å². The Morgan fingerprint density at radius 2 is 2.06 bits per heavy atom. The topological polar surface area (TPSA) is 48.0 Å². The number of nitrogens with one attached hydrogen (secondary N) is 1. The van der Waals surface area contributed by atoms with E-state index in [0.717, 1.165) is 10.0 Å². The van der Waals surface area contributed by atoms with E-state index >= 15 is 0 Å². The number of pyridine rings is 1. The van der Waals surface area contributed by atoms with Crippen molar-refractivity contribution in [1.29, 1.82) is 0 Å². The number of aromatic nitrogens is 1. The quantitative estimate of drug-likeness (QED) is 0.873. The number of hydrogen-bond acceptors (Lipinski definition) is 3. The molecule has 1 N–H and O–H groups in total. The number of halogens is 1. The third kappa shape index (κ3) is 4.05. The molecular formula is C11H17BrN2OS. The number of nitrogens with zero attached hydrogens (tertiary/aromatic N) is 1. The van der Waals surface area contributed by atoms with Gasteiger partial charge in [0.15, 0.2) is 0 Å². The van der Waals surface area contributed by atoms with Crippen LogP contribution in [0.2, 0.25) is 0 Å². The van der Waals surface area contributed by atoms with Gasteiger partial charge in [-0.1, -0.05) is 0 Å². The van der Waals surface area contributed by atoms with Crippen LogP contribution in [-0.4, -0.2) is 14.3 Å². The van der Waals surface area contributed by atoms with Gasteiger partial charge < -0.3 is 4.55 Å². The van der Waals surface area contributed by atoms with Crippen molar-refractivity contribution in [2.75, 3.05) is 0 Å². The van der Waals surface area contributed by atoms with Crippen LogP contribution < -0.4 is 4.72 Å². The molecule has 0 fully saturated rings. The molecule has 1 unspecified atom stereocenters. The molecule has 2 atom stereocenters. The van der Waals surface area contributed by atoms with Gasteiger partial charge in [0.2, 0.25) is 0 Å². The van der Waals surface area contributed by atoms with E-state index in [9.17, 15) is 4.55 Å². The third-order valence-electron chi connectivity index (χ3n) is 2.07. The van der Waals surface area contributed by atoms with Crippen LogP contribution in [-0.2, 0) is 11.4 Å². The number of hydrogen-bond donors (Lipinski definition) is 1. The van der Waals surface area contributed by atoms with Crippen LogP contribution >= 0.6 is 15.9 Å². The zero-order valence-corrected chi connectivity index (χ0v) is 12.4. The molecule has 0 bridgehead atoms. The molecule has 1 heterocycles. The predicted molar refractivity (Wildman–Crippen MR) is 71.4 cm³/mol.